The first-order valence-electron chi connectivity index (χ1n) is 4.36. The van der Waals surface area contributed by atoms with Crippen molar-refractivity contribution < 1.29 is 4.79 Å². The van der Waals surface area contributed by atoms with Gasteiger partial charge in [0.25, 0.3) is 5.91 Å². The first-order chi connectivity index (χ1) is 7.04. The smallest absolute Gasteiger partial charge is 0.254 e. The summed E-state index contributed by atoms with van der Waals surface area (Å²) in [6.07, 6.45) is 5.16. The molecule has 15 heavy (non-hydrogen) atoms. The van der Waals surface area contributed by atoms with Gasteiger partial charge in [-0.3, -0.25) is 4.79 Å². The van der Waals surface area contributed by atoms with E-state index in [0.29, 0.717) is 11.3 Å². The lowest BCUT2D eigenvalue weighted by Gasteiger charge is -2.09. The number of rotatable bonds is 2. The average molecular weight is 267 g/mol. The molecule has 0 aliphatic carbocycles. The highest BCUT2D eigenvalue weighted by atomic mass is 79.9. The van der Waals surface area contributed by atoms with Crippen LogP contribution in [-0.4, -0.2) is 11.9 Å². The second-order valence-electron chi connectivity index (χ2n) is 3.09. The Balaban J connectivity index is 2.88. The maximum Gasteiger partial charge on any atom is 0.254 e. The lowest BCUT2D eigenvalue weighted by molar-refractivity contribution is 0.0949. The van der Waals surface area contributed by atoms with Crippen LogP contribution in [0.4, 0.5) is 5.69 Å². The van der Waals surface area contributed by atoms with Crippen LogP contribution in [0.5, 0.6) is 0 Å². The normalized spacial score (nSPS) is 11.5. The van der Waals surface area contributed by atoms with Crippen LogP contribution in [0.2, 0.25) is 0 Å². The number of terminal acetylenes is 1. The maximum absolute atomic E-state index is 11.6. The predicted octanol–water partition coefficient (Wildman–Crippen LogP) is 1.78. The molecule has 0 heterocycles. The number of hydrogen-bond donors (Lipinski definition) is 2. The molecule has 0 fully saturated rings. The molecule has 1 rings (SSSR count). The van der Waals surface area contributed by atoms with Crippen molar-refractivity contribution in [3.63, 3.8) is 0 Å². The molecule has 3 N–H and O–H groups in total. The summed E-state index contributed by atoms with van der Waals surface area (Å²) < 4.78 is 0.835. The number of halogens is 1. The highest BCUT2D eigenvalue weighted by Gasteiger charge is 2.11. The topological polar surface area (TPSA) is 55.1 Å². The SMILES string of the molecule is C#CC(C)NC(=O)c1ccc(Br)cc1N. The van der Waals surface area contributed by atoms with Crippen LogP contribution >= 0.6 is 15.9 Å². The fourth-order valence-electron chi connectivity index (χ4n) is 1.06. The molecule has 0 aromatic heterocycles. The zero-order valence-corrected chi connectivity index (χ0v) is 9.84. The summed E-state index contributed by atoms with van der Waals surface area (Å²) in [7, 11) is 0. The van der Waals surface area contributed by atoms with E-state index in [1.165, 1.54) is 0 Å². The van der Waals surface area contributed by atoms with Gasteiger partial charge in [-0.1, -0.05) is 21.9 Å². The average Bonchev–Trinajstić information content (AvgIpc) is 2.17. The quantitative estimate of drug-likeness (QED) is 0.634. The molecule has 0 saturated carbocycles. The fourth-order valence-corrected chi connectivity index (χ4v) is 1.44. The van der Waals surface area contributed by atoms with Gasteiger partial charge in [0.05, 0.1) is 11.6 Å². The van der Waals surface area contributed by atoms with Gasteiger partial charge in [0.2, 0.25) is 0 Å². The van der Waals surface area contributed by atoms with Crippen molar-refractivity contribution in [3.8, 4) is 12.3 Å². The van der Waals surface area contributed by atoms with Crippen LogP contribution in [0.25, 0.3) is 0 Å². The van der Waals surface area contributed by atoms with Gasteiger partial charge in [-0.05, 0) is 25.1 Å². The van der Waals surface area contributed by atoms with Crippen LogP contribution < -0.4 is 11.1 Å². The van der Waals surface area contributed by atoms with Crippen LogP contribution in [-0.2, 0) is 0 Å². The Morgan fingerprint density at radius 3 is 2.87 bits per heavy atom. The number of amides is 1. The van der Waals surface area contributed by atoms with E-state index < -0.39 is 0 Å². The Bertz CT molecular complexity index is 423. The predicted molar refractivity (Wildman–Crippen MR) is 64.3 cm³/mol. The second-order valence-corrected chi connectivity index (χ2v) is 4.01. The molecule has 1 atom stereocenters. The van der Waals surface area contributed by atoms with E-state index in [1.54, 1.807) is 25.1 Å². The molecule has 0 bridgehead atoms. The number of carbonyl (C=O) groups is 1. The number of anilines is 1. The molecule has 78 valence electrons. The Hall–Kier alpha value is -1.47. The Morgan fingerprint density at radius 1 is 1.67 bits per heavy atom. The molecule has 1 amide bonds. The first kappa shape index (κ1) is 11.6. The molecule has 0 radical (unpaired) electrons. The van der Waals surface area contributed by atoms with Crippen LogP contribution in [0.1, 0.15) is 17.3 Å². The van der Waals surface area contributed by atoms with Gasteiger partial charge in [-0.2, -0.15) is 0 Å². The number of nitrogens with two attached hydrogens (primary N) is 1. The van der Waals surface area contributed by atoms with Crippen molar-refractivity contribution in [2.75, 3.05) is 5.73 Å². The summed E-state index contributed by atoms with van der Waals surface area (Å²) in [5.41, 5.74) is 6.55. The van der Waals surface area contributed by atoms with Crippen molar-refractivity contribution in [1.82, 2.24) is 5.32 Å². The van der Waals surface area contributed by atoms with E-state index in [1.807, 2.05) is 0 Å². The summed E-state index contributed by atoms with van der Waals surface area (Å²) in [5.74, 6) is 2.16. The molecule has 1 aromatic rings. The summed E-state index contributed by atoms with van der Waals surface area (Å²) in [5, 5.41) is 2.64. The van der Waals surface area contributed by atoms with Crippen LogP contribution in [0, 0.1) is 12.3 Å². The van der Waals surface area contributed by atoms with Crippen LogP contribution in [0.15, 0.2) is 22.7 Å². The third kappa shape index (κ3) is 3.00. The second kappa shape index (κ2) is 4.85. The molecular formula is C11H11BrN2O. The monoisotopic (exact) mass is 266 g/mol. The van der Waals surface area contributed by atoms with Crippen molar-refractivity contribution >= 4 is 27.5 Å². The zero-order chi connectivity index (χ0) is 11.4. The Kier molecular flexibility index (Phi) is 3.75. The summed E-state index contributed by atoms with van der Waals surface area (Å²) in [4.78, 5) is 11.6. The molecule has 0 saturated heterocycles. The molecule has 1 aromatic carbocycles. The third-order valence-electron chi connectivity index (χ3n) is 1.86. The summed E-state index contributed by atoms with van der Waals surface area (Å²) in [6, 6.07) is 4.78. The maximum atomic E-state index is 11.6. The molecule has 0 aliphatic heterocycles. The first-order valence-corrected chi connectivity index (χ1v) is 5.16. The molecular weight excluding hydrogens is 256 g/mol. The minimum Gasteiger partial charge on any atom is -0.398 e. The van der Waals surface area contributed by atoms with Gasteiger partial charge in [0.15, 0.2) is 0 Å². The molecule has 1 unspecified atom stereocenters. The molecule has 0 spiro atoms. The van der Waals surface area contributed by atoms with Crippen molar-refractivity contribution in [2.45, 2.75) is 13.0 Å². The Morgan fingerprint density at radius 2 is 2.33 bits per heavy atom. The van der Waals surface area contributed by atoms with E-state index in [0.717, 1.165) is 4.47 Å². The van der Waals surface area contributed by atoms with Gasteiger partial charge in [0.1, 0.15) is 0 Å². The molecule has 4 heteroatoms. The van der Waals surface area contributed by atoms with Crippen LogP contribution in [0.3, 0.4) is 0 Å². The number of nitrogen functional groups attached to an aromatic ring is 1. The Labute approximate surface area is 97.2 Å². The van der Waals surface area contributed by atoms with Gasteiger partial charge in [0, 0.05) is 10.2 Å². The van der Waals surface area contributed by atoms with E-state index >= 15 is 0 Å². The van der Waals surface area contributed by atoms with Gasteiger partial charge in [-0.15, -0.1) is 6.42 Å². The zero-order valence-electron chi connectivity index (χ0n) is 8.25. The van der Waals surface area contributed by atoms with Gasteiger partial charge >= 0.3 is 0 Å². The van der Waals surface area contributed by atoms with Gasteiger partial charge in [-0.25, -0.2) is 0 Å². The van der Waals surface area contributed by atoms with E-state index in [9.17, 15) is 4.79 Å². The summed E-state index contributed by atoms with van der Waals surface area (Å²) in [6.45, 7) is 1.73. The van der Waals surface area contributed by atoms with E-state index in [-0.39, 0.29) is 11.9 Å². The number of carbonyl (C=O) groups excluding carboxylic acids is 1. The van der Waals surface area contributed by atoms with Gasteiger partial charge < -0.3 is 11.1 Å². The standard InChI is InChI=1S/C11H11BrN2O/c1-3-7(2)14-11(15)9-5-4-8(12)6-10(9)13/h1,4-7H,13H2,2H3,(H,14,15). The minimum absolute atomic E-state index is 0.259. The fraction of sp³-hybridized carbons (Fsp3) is 0.182. The highest BCUT2D eigenvalue weighted by molar-refractivity contribution is 9.10. The molecule has 0 aliphatic rings. The lowest BCUT2D eigenvalue weighted by atomic mass is 10.1. The third-order valence-corrected chi connectivity index (χ3v) is 2.35. The van der Waals surface area contributed by atoms with E-state index in [2.05, 4.69) is 27.2 Å². The van der Waals surface area contributed by atoms with Crippen molar-refractivity contribution in [1.29, 1.82) is 0 Å². The largest absolute Gasteiger partial charge is 0.398 e. The number of benzene rings is 1. The highest BCUT2D eigenvalue weighted by Crippen LogP contribution is 2.18. The number of nitrogens with one attached hydrogen (secondary N) is 1. The van der Waals surface area contributed by atoms with Crippen molar-refractivity contribution in [3.05, 3.63) is 28.2 Å². The van der Waals surface area contributed by atoms with Crippen molar-refractivity contribution in [2.24, 2.45) is 0 Å². The summed E-state index contributed by atoms with van der Waals surface area (Å²) >= 11 is 3.27. The minimum atomic E-state index is -0.305. The lowest BCUT2D eigenvalue weighted by Crippen LogP contribution is -2.31. The van der Waals surface area contributed by atoms with E-state index in [4.69, 9.17) is 12.2 Å². The molecule has 3 nitrogen and oxygen atoms in total. The number of hydrogen-bond acceptors (Lipinski definition) is 2.